The summed E-state index contributed by atoms with van der Waals surface area (Å²) in [6.07, 6.45) is 0.379. The number of anilines is 2. The van der Waals surface area contributed by atoms with Gasteiger partial charge >= 0.3 is 0 Å². The molecule has 0 saturated carbocycles. The summed E-state index contributed by atoms with van der Waals surface area (Å²) in [6, 6.07) is 0. The zero-order valence-corrected chi connectivity index (χ0v) is 8.36. The van der Waals surface area contributed by atoms with Crippen molar-refractivity contribution in [2.45, 2.75) is 6.42 Å². The molecule has 0 aliphatic carbocycles. The second kappa shape index (κ2) is 4.04. The van der Waals surface area contributed by atoms with Crippen molar-refractivity contribution in [1.82, 2.24) is 20.2 Å². The third-order valence-electron chi connectivity index (χ3n) is 1.91. The van der Waals surface area contributed by atoms with Gasteiger partial charge in [-0.3, -0.25) is 5.10 Å². The number of aromatic amines is 1. The van der Waals surface area contributed by atoms with E-state index in [4.69, 9.17) is 16.6 Å². The molecular formula is C9H10N6O. The van der Waals surface area contributed by atoms with Crippen LogP contribution < -0.4 is 11.5 Å². The van der Waals surface area contributed by atoms with Crippen molar-refractivity contribution in [1.29, 1.82) is 0 Å². The van der Waals surface area contributed by atoms with E-state index in [-0.39, 0.29) is 18.4 Å². The van der Waals surface area contributed by atoms with Crippen LogP contribution in [0.3, 0.4) is 0 Å². The van der Waals surface area contributed by atoms with E-state index in [0.717, 1.165) is 0 Å². The number of fused-ring (bicyclic) bond motifs is 1. The predicted molar refractivity (Wildman–Crippen MR) is 59.1 cm³/mol. The maximum atomic E-state index is 8.60. The summed E-state index contributed by atoms with van der Waals surface area (Å²) in [6.45, 7) is 0.00822. The molecule has 2 aromatic heterocycles. The van der Waals surface area contributed by atoms with Crippen LogP contribution in [0.2, 0.25) is 0 Å². The van der Waals surface area contributed by atoms with Crippen LogP contribution in [0.25, 0.3) is 11.0 Å². The van der Waals surface area contributed by atoms with Gasteiger partial charge in [-0.05, 0) is 5.92 Å². The van der Waals surface area contributed by atoms with Gasteiger partial charge in [-0.1, -0.05) is 5.92 Å². The molecule has 0 saturated heterocycles. The number of nitrogens with two attached hydrogens (primary N) is 2. The van der Waals surface area contributed by atoms with E-state index >= 15 is 0 Å². The number of nitrogen functional groups attached to an aromatic ring is 2. The molecule has 2 rings (SSSR count). The standard InChI is InChI=1S/C9H10N6O/c10-7-6-5(3-1-2-4-16)14-15-8(6)13-9(11)12-7/h16H,2,4H2,(H5,10,11,12,13,14,15). The Bertz CT molecular complexity index is 579. The fourth-order valence-electron chi connectivity index (χ4n) is 1.27. The van der Waals surface area contributed by atoms with Gasteiger partial charge in [-0.15, -0.1) is 0 Å². The summed E-state index contributed by atoms with van der Waals surface area (Å²) < 4.78 is 0. The topological polar surface area (TPSA) is 127 Å². The molecule has 2 heterocycles. The maximum Gasteiger partial charge on any atom is 0.224 e. The molecule has 0 fully saturated rings. The minimum atomic E-state index is 0.00822. The zero-order valence-electron chi connectivity index (χ0n) is 8.36. The van der Waals surface area contributed by atoms with Gasteiger partial charge in [0.15, 0.2) is 5.65 Å². The summed E-state index contributed by atoms with van der Waals surface area (Å²) in [5, 5.41) is 15.8. The van der Waals surface area contributed by atoms with Crippen LogP contribution in [-0.2, 0) is 0 Å². The van der Waals surface area contributed by atoms with Gasteiger partial charge < -0.3 is 16.6 Å². The van der Waals surface area contributed by atoms with Gasteiger partial charge in [0.1, 0.15) is 11.5 Å². The summed E-state index contributed by atoms with van der Waals surface area (Å²) in [7, 11) is 0. The first-order valence-corrected chi connectivity index (χ1v) is 4.59. The van der Waals surface area contributed by atoms with Gasteiger partial charge in [0.2, 0.25) is 5.95 Å². The molecule has 0 unspecified atom stereocenters. The molecule has 0 aliphatic rings. The fraction of sp³-hybridized carbons (Fsp3) is 0.222. The average Bonchev–Trinajstić information content (AvgIpc) is 2.62. The molecule has 2 aromatic rings. The van der Waals surface area contributed by atoms with Gasteiger partial charge in [0.25, 0.3) is 0 Å². The summed E-state index contributed by atoms with van der Waals surface area (Å²) >= 11 is 0. The molecule has 0 bridgehead atoms. The van der Waals surface area contributed by atoms with Crippen molar-refractivity contribution >= 4 is 22.8 Å². The lowest BCUT2D eigenvalue weighted by atomic mass is 10.3. The van der Waals surface area contributed by atoms with E-state index in [1.54, 1.807) is 0 Å². The zero-order chi connectivity index (χ0) is 11.5. The van der Waals surface area contributed by atoms with Gasteiger partial charge in [0.05, 0.1) is 12.0 Å². The highest BCUT2D eigenvalue weighted by atomic mass is 16.2. The van der Waals surface area contributed by atoms with E-state index in [2.05, 4.69) is 32.0 Å². The normalized spacial score (nSPS) is 10.1. The highest BCUT2D eigenvalue weighted by Crippen LogP contribution is 2.19. The van der Waals surface area contributed by atoms with Crippen LogP contribution in [0, 0.1) is 11.8 Å². The number of rotatable bonds is 1. The number of aromatic nitrogens is 4. The van der Waals surface area contributed by atoms with E-state index in [1.807, 2.05) is 0 Å². The first-order valence-electron chi connectivity index (χ1n) is 4.59. The van der Waals surface area contributed by atoms with Crippen LogP contribution in [0.1, 0.15) is 12.1 Å². The molecule has 0 spiro atoms. The van der Waals surface area contributed by atoms with Crippen LogP contribution in [0.15, 0.2) is 0 Å². The third-order valence-corrected chi connectivity index (χ3v) is 1.91. The number of H-pyrrole nitrogens is 1. The van der Waals surface area contributed by atoms with Crippen molar-refractivity contribution < 1.29 is 5.11 Å². The van der Waals surface area contributed by atoms with E-state index in [9.17, 15) is 0 Å². The number of aliphatic hydroxyl groups excluding tert-OH is 1. The number of nitrogens with one attached hydrogen (secondary N) is 1. The summed E-state index contributed by atoms with van der Waals surface area (Å²) in [5.41, 5.74) is 12.1. The molecule has 7 heteroatoms. The SMILES string of the molecule is Nc1nc(N)c2c(C#CCCO)n[nH]c2n1. The molecule has 0 aliphatic heterocycles. The van der Waals surface area contributed by atoms with Crippen LogP contribution >= 0.6 is 0 Å². The third kappa shape index (κ3) is 1.74. The van der Waals surface area contributed by atoms with Crippen molar-refractivity contribution in [3.8, 4) is 11.8 Å². The molecule has 0 amide bonds. The Morgan fingerprint density at radius 3 is 2.88 bits per heavy atom. The lowest BCUT2D eigenvalue weighted by Gasteiger charge is -1.95. The largest absolute Gasteiger partial charge is 0.395 e. The van der Waals surface area contributed by atoms with Crippen molar-refractivity contribution in [3.63, 3.8) is 0 Å². The summed E-state index contributed by atoms with van der Waals surface area (Å²) in [5.74, 6) is 5.85. The van der Waals surface area contributed by atoms with Crippen molar-refractivity contribution in [3.05, 3.63) is 5.69 Å². The van der Waals surface area contributed by atoms with Crippen LogP contribution in [-0.4, -0.2) is 31.9 Å². The number of nitrogens with zero attached hydrogens (tertiary/aromatic N) is 3. The molecule has 7 nitrogen and oxygen atoms in total. The van der Waals surface area contributed by atoms with E-state index in [1.165, 1.54) is 0 Å². The highest BCUT2D eigenvalue weighted by Gasteiger charge is 2.10. The van der Waals surface area contributed by atoms with E-state index < -0.39 is 0 Å². The Hall–Kier alpha value is -2.33. The molecule has 0 aromatic carbocycles. The summed E-state index contributed by atoms with van der Waals surface area (Å²) in [4.78, 5) is 7.77. The van der Waals surface area contributed by atoms with Crippen molar-refractivity contribution in [2.75, 3.05) is 18.1 Å². The molecule has 16 heavy (non-hydrogen) atoms. The molecule has 82 valence electrons. The molecule has 0 radical (unpaired) electrons. The van der Waals surface area contributed by atoms with Gasteiger partial charge in [-0.2, -0.15) is 15.1 Å². The fourth-order valence-corrected chi connectivity index (χ4v) is 1.27. The molecular weight excluding hydrogens is 208 g/mol. The Labute approximate surface area is 90.9 Å². The number of aliphatic hydroxyl groups is 1. The van der Waals surface area contributed by atoms with Crippen LogP contribution in [0.4, 0.5) is 11.8 Å². The van der Waals surface area contributed by atoms with Crippen LogP contribution in [0.5, 0.6) is 0 Å². The second-order valence-corrected chi connectivity index (χ2v) is 3.04. The van der Waals surface area contributed by atoms with Gasteiger partial charge in [0, 0.05) is 6.42 Å². The monoisotopic (exact) mass is 218 g/mol. The first kappa shape index (κ1) is 10.2. The minimum Gasteiger partial charge on any atom is -0.395 e. The quantitative estimate of drug-likeness (QED) is 0.466. The Morgan fingerprint density at radius 1 is 1.31 bits per heavy atom. The first-order chi connectivity index (χ1) is 7.72. The predicted octanol–water partition coefficient (Wildman–Crippen LogP) is -0.749. The lowest BCUT2D eigenvalue weighted by molar-refractivity contribution is 0.305. The Morgan fingerprint density at radius 2 is 2.12 bits per heavy atom. The lowest BCUT2D eigenvalue weighted by Crippen LogP contribution is -2.00. The highest BCUT2D eigenvalue weighted by molar-refractivity contribution is 5.90. The van der Waals surface area contributed by atoms with Gasteiger partial charge in [-0.25, -0.2) is 0 Å². The molecule has 0 atom stereocenters. The average molecular weight is 218 g/mol. The smallest absolute Gasteiger partial charge is 0.224 e. The van der Waals surface area contributed by atoms with Crippen molar-refractivity contribution in [2.24, 2.45) is 0 Å². The second-order valence-electron chi connectivity index (χ2n) is 3.04. The Kier molecular flexibility index (Phi) is 2.57. The van der Waals surface area contributed by atoms with E-state index in [0.29, 0.717) is 23.1 Å². The molecule has 6 N–H and O–H groups in total. The minimum absolute atomic E-state index is 0.00822. The number of hydrogen-bond acceptors (Lipinski definition) is 6. The number of hydrogen-bond donors (Lipinski definition) is 4. The maximum absolute atomic E-state index is 8.60. The Balaban J connectivity index is 2.53.